The number of nitrogens with zero attached hydrogens (tertiary/aromatic N) is 4. The van der Waals surface area contributed by atoms with Gasteiger partial charge in [0.2, 0.25) is 0 Å². The van der Waals surface area contributed by atoms with Gasteiger partial charge in [-0.1, -0.05) is 48.0 Å². The molecular weight excluding hydrogens is 383 g/mol. The fraction of sp³-hybridized carbons (Fsp3) is 0.174. The summed E-state index contributed by atoms with van der Waals surface area (Å²) in [6, 6.07) is 18.3. The minimum absolute atomic E-state index is 0.0826. The van der Waals surface area contributed by atoms with Crippen molar-refractivity contribution in [2.75, 3.05) is 0 Å². The van der Waals surface area contributed by atoms with E-state index >= 15 is 0 Å². The van der Waals surface area contributed by atoms with Gasteiger partial charge < -0.3 is 4.74 Å². The number of aryl methyl sites for hydroxylation is 3. The standard InChI is InChI=1S/C23H21FN4O2/c1-15-6-4-8-17(12-15)18-10-11-20(24)22(13-18)30-14-19-16(2)7-5-9-21(19)28-23(29)27(3)25-26-28/h4-13H,14H2,1-3H3. The van der Waals surface area contributed by atoms with Crippen LogP contribution in [0.5, 0.6) is 5.75 Å². The van der Waals surface area contributed by atoms with Crippen LogP contribution in [0.4, 0.5) is 4.39 Å². The molecule has 4 aromatic rings. The van der Waals surface area contributed by atoms with Gasteiger partial charge in [0.15, 0.2) is 11.6 Å². The van der Waals surface area contributed by atoms with Gasteiger partial charge in [0, 0.05) is 12.6 Å². The maximum absolute atomic E-state index is 14.5. The lowest BCUT2D eigenvalue weighted by Gasteiger charge is -2.14. The summed E-state index contributed by atoms with van der Waals surface area (Å²) in [5.74, 6) is -0.298. The lowest BCUT2D eigenvalue weighted by molar-refractivity contribution is 0.289. The fourth-order valence-electron chi connectivity index (χ4n) is 3.31. The monoisotopic (exact) mass is 404 g/mol. The minimum atomic E-state index is -0.446. The fourth-order valence-corrected chi connectivity index (χ4v) is 3.31. The summed E-state index contributed by atoms with van der Waals surface area (Å²) in [7, 11) is 1.53. The second-order valence-corrected chi connectivity index (χ2v) is 7.17. The third-order valence-electron chi connectivity index (χ3n) is 4.99. The van der Waals surface area contributed by atoms with E-state index in [0.717, 1.165) is 32.5 Å². The number of aromatic nitrogens is 4. The minimum Gasteiger partial charge on any atom is -0.486 e. The number of ether oxygens (including phenoxy) is 1. The number of halogens is 1. The molecule has 4 rings (SSSR count). The lowest BCUT2D eigenvalue weighted by atomic mass is 10.0. The van der Waals surface area contributed by atoms with Gasteiger partial charge in [0.25, 0.3) is 0 Å². The molecule has 1 aromatic heterocycles. The van der Waals surface area contributed by atoms with Gasteiger partial charge in [0.05, 0.1) is 5.69 Å². The molecule has 3 aromatic carbocycles. The van der Waals surface area contributed by atoms with Crippen molar-refractivity contribution in [3.63, 3.8) is 0 Å². The average Bonchev–Trinajstić information content (AvgIpc) is 3.06. The van der Waals surface area contributed by atoms with Crippen molar-refractivity contribution in [3.8, 4) is 22.6 Å². The zero-order chi connectivity index (χ0) is 21.3. The Kier molecular flexibility index (Phi) is 5.18. The van der Waals surface area contributed by atoms with Crippen LogP contribution >= 0.6 is 0 Å². The predicted molar refractivity (Wildman–Crippen MR) is 112 cm³/mol. The highest BCUT2D eigenvalue weighted by molar-refractivity contribution is 5.66. The molecule has 0 N–H and O–H groups in total. The largest absolute Gasteiger partial charge is 0.486 e. The van der Waals surface area contributed by atoms with Gasteiger partial charge in [-0.3, -0.25) is 0 Å². The number of hydrogen-bond acceptors (Lipinski definition) is 4. The van der Waals surface area contributed by atoms with Crippen LogP contribution in [-0.2, 0) is 13.7 Å². The second-order valence-electron chi connectivity index (χ2n) is 7.17. The van der Waals surface area contributed by atoms with E-state index in [1.807, 2.05) is 50.2 Å². The van der Waals surface area contributed by atoms with E-state index in [1.165, 1.54) is 17.8 Å². The Bertz CT molecular complexity index is 1280. The van der Waals surface area contributed by atoms with E-state index in [2.05, 4.69) is 10.4 Å². The summed E-state index contributed by atoms with van der Waals surface area (Å²) in [5, 5.41) is 7.67. The molecule has 0 bridgehead atoms. The zero-order valence-corrected chi connectivity index (χ0v) is 17.0. The van der Waals surface area contributed by atoms with Crippen molar-refractivity contribution in [2.24, 2.45) is 7.05 Å². The van der Waals surface area contributed by atoms with Crippen molar-refractivity contribution in [2.45, 2.75) is 20.5 Å². The Balaban J connectivity index is 1.67. The number of benzene rings is 3. The number of hydrogen-bond donors (Lipinski definition) is 0. The molecule has 7 heteroatoms. The van der Waals surface area contributed by atoms with E-state index in [9.17, 15) is 9.18 Å². The molecule has 0 amide bonds. The smallest absolute Gasteiger partial charge is 0.368 e. The topological polar surface area (TPSA) is 61.9 Å². The van der Waals surface area contributed by atoms with Crippen molar-refractivity contribution in [1.82, 2.24) is 19.8 Å². The lowest BCUT2D eigenvalue weighted by Crippen LogP contribution is -2.23. The van der Waals surface area contributed by atoms with Crippen molar-refractivity contribution in [1.29, 1.82) is 0 Å². The summed E-state index contributed by atoms with van der Waals surface area (Å²) < 4.78 is 22.7. The molecule has 0 aliphatic heterocycles. The van der Waals surface area contributed by atoms with E-state index in [1.54, 1.807) is 18.2 Å². The first kappa shape index (κ1) is 19.6. The average molecular weight is 404 g/mol. The highest BCUT2D eigenvalue weighted by atomic mass is 19.1. The second kappa shape index (κ2) is 7.94. The molecule has 0 fully saturated rings. The van der Waals surface area contributed by atoms with Crippen LogP contribution in [0.3, 0.4) is 0 Å². The Hall–Kier alpha value is -3.74. The van der Waals surface area contributed by atoms with E-state index in [4.69, 9.17) is 4.74 Å². The third-order valence-corrected chi connectivity index (χ3v) is 4.99. The maximum Gasteiger partial charge on any atom is 0.368 e. The first-order valence-electron chi connectivity index (χ1n) is 9.51. The van der Waals surface area contributed by atoms with Crippen LogP contribution in [0, 0.1) is 19.7 Å². The highest BCUT2D eigenvalue weighted by Gasteiger charge is 2.15. The van der Waals surface area contributed by atoms with Gasteiger partial charge in [-0.2, -0.15) is 9.36 Å². The van der Waals surface area contributed by atoms with Gasteiger partial charge in [0.1, 0.15) is 6.61 Å². The van der Waals surface area contributed by atoms with Gasteiger partial charge >= 0.3 is 5.69 Å². The maximum atomic E-state index is 14.5. The molecular formula is C23H21FN4O2. The summed E-state index contributed by atoms with van der Waals surface area (Å²) in [6.07, 6.45) is 0. The molecule has 1 heterocycles. The third kappa shape index (κ3) is 3.74. The summed E-state index contributed by atoms with van der Waals surface area (Å²) >= 11 is 0. The van der Waals surface area contributed by atoms with Crippen LogP contribution in [-0.4, -0.2) is 19.8 Å². The van der Waals surface area contributed by atoms with Crippen molar-refractivity contribution < 1.29 is 9.13 Å². The number of tetrazole rings is 1. The first-order chi connectivity index (χ1) is 14.4. The van der Waals surface area contributed by atoms with E-state index in [-0.39, 0.29) is 18.0 Å². The molecule has 152 valence electrons. The van der Waals surface area contributed by atoms with Gasteiger partial charge in [-0.25, -0.2) is 9.18 Å². The summed E-state index contributed by atoms with van der Waals surface area (Å²) in [6.45, 7) is 4.00. The molecule has 0 saturated carbocycles. The molecule has 30 heavy (non-hydrogen) atoms. The molecule has 0 aliphatic carbocycles. The van der Waals surface area contributed by atoms with E-state index in [0.29, 0.717) is 5.69 Å². The van der Waals surface area contributed by atoms with Gasteiger partial charge in [-0.15, -0.1) is 0 Å². The summed E-state index contributed by atoms with van der Waals surface area (Å²) in [5.41, 5.74) is 4.81. The van der Waals surface area contributed by atoms with Crippen molar-refractivity contribution >= 4 is 0 Å². The Morgan fingerprint density at radius 3 is 2.47 bits per heavy atom. The Labute approximate surface area is 173 Å². The predicted octanol–water partition coefficient (Wildman–Crippen LogP) is 3.97. The summed E-state index contributed by atoms with van der Waals surface area (Å²) in [4.78, 5) is 12.3. The highest BCUT2D eigenvalue weighted by Crippen LogP contribution is 2.28. The molecule has 0 saturated heterocycles. The van der Waals surface area contributed by atoms with Gasteiger partial charge in [-0.05, 0) is 59.2 Å². The molecule has 0 spiro atoms. The molecule has 0 radical (unpaired) electrons. The normalized spacial score (nSPS) is 10.9. The van der Waals surface area contributed by atoms with Crippen LogP contribution < -0.4 is 10.4 Å². The van der Waals surface area contributed by atoms with Crippen LogP contribution in [0.1, 0.15) is 16.7 Å². The Morgan fingerprint density at radius 1 is 0.967 bits per heavy atom. The van der Waals surface area contributed by atoms with Crippen LogP contribution in [0.15, 0.2) is 65.5 Å². The SMILES string of the molecule is Cc1cccc(-c2ccc(F)c(OCc3c(C)cccc3-n3nnn(C)c3=O)c2)c1. The molecule has 0 atom stereocenters. The van der Waals surface area contributed by atoms with Crippen molar-refractivity contribution in [3.05, 3.63) is 93.7 Å². The number of rotatable bonds is 5. The van der Waals surface area contributed by atoms with E-state index < -0.39 is 5.82 Å². The molecule has 0 aliphatic rings. The quantitative estimate of drug-likeness (QED) is 0.505. The first-order valence-corrected chi connectivity index (χ1v) is 9.51. The molecule has 0 unspecified atom stereocenters. The van der Waals surface area contributed by atoms with Crippen LogP contribution in [0.2, 0.25) is 0 Å². The molecule has 6 nitrogen and oxygen atoms in total. The van der Waals surface area contributed by atoms with Crippen LogP contribution in [0.25, 0.3) is 16.8 Å². The Morgan fingerprint density at radius 2 is 1.73 bits per heavy atom. The zero-order valence-electron chi connectivity index (χ0n) is 17.0.